The molecule has 0 amide bonds. The first-order chi connectivity index (χ1) is 25.1. The summed E-state index contributed by atoms with van der Waals surface area (Å²) in [7, 11) is 0. The SMILES string of the molecule is Cc1ccccc1-c1c([C@@H](C)c2ccc(-c3ccc(-c4c(-c5ccccc5)nc5ccccn45)cc3)cc2)ccc2[nH]c(-c3ccccc3)nc12. The Morgan fingerprint density at radius 3 is 1.90 bits per heavy atom. The predicted molar refractivity (Wildman–Crippen MR) is 211 cm³/mol. The van der Waals surface area contributed by atoms with Crippen LogP contribution in [0.1, 0.15) is 29.5 Å². The molecule has 0 saturated carbocycles. The van der Waals surface area contributed by atoms with Gasteiger partial charge in [0.2, 0.25) is 0 Å². The molecule has 0 aliphatic carbocycles. The normalized spacial score (nSPS) is 12.0. The van der Waals surface area contributed by atoms with Crippen LogP contribution in [0.15, 0.2) is 170 Å². The molecule has 3 heterocycles. The number of fused-ring (bicyclic) bond motifs is 2. The molecule has 1 N–H and O–H groups in total. The van der Waals surface area contributed by atoms with Crippen molar-refractivity contribution >= 4 is 16.7 Å². The van der Waals surface area contributed by atoms with E-state index >= 15 is 0 Å². The third-order valence-electron chi connectivity index (χ3n) is 10.1. The fourth-order valence-electron chi connectivity index (χ4n) is 7.35. The zero-order chi connectivity index (χ0) is 34.3. The topological polar surface area (TPSA) is 46.0 Å². The van der Waals surface area contributed by atoms with Gasteiger partial charge in [-0.1, -0.05) is 153 Å². The number of H-pyrrole nitrogens is 1. The Balaban J connectivity index is 1.06. The number of imidazole rings is 2. The van der Waals surface area contributed by atoms with Crippen molar-refractivity contribution in [3.8, 4) is 56.2 Å². The lowest BCUT2D eigenvalue weighted by Gasteiger charge is -2.19. The molecule has 244 valence electrons. The highest BCUT2D eigenvalue weighted by molar-refractivity contribution is 5.97. The minimum Gasteiger partial charge on any atom is -0.338 e. The van der Waals surface area contributed by atoms with Crippen LogP contribution in [0.5, 0.6) is 0 Å². The van der Waals surface area contributed by atoms with Gasteiger partial charge in [-0.15, -0.1) is 0 Å². The third-order valence-corrected chi connectivity index (χ3v) is 10.1. The first-order valence-electron chi connectivity index (χ1n) is 17.5. The average molecular weight is 657 g/mol. The van der Waals surface area contributed by atoms with E-state index in [-0.39, 0.29) is 5.92 Å². The van der Waals surface area contributed by atoms with Crippen molar-refractivity contribution in [2.75, 3.05) is 0 Å². The molecule has 0 fully saturated rings. The molecule has 4 nitrogen and oxygen atoms in total. The van der Waals surface area contributed by atoms with Crippen LogP contribution in [-0.2, 0) is 0 Å². The van der Waals surface area contributed by atoms with E-state index in [0.29, 0.717) is 0 Å². The van der Waals surface area contributed by atoms with Crippen LogP contribution in [0.3, 0.4) is 0 Å². The molecule has 1 atom stereocenters. The van der Waals surface area contributed by atoms with Gasteiger partial charge in [0.05, 0.1) is 22.4 Å². The number of hydrogen-bond acceptors (Lipinski definition) is 2. The van der Waals surface area contributed by atoms with E-state index < -0.39 is 0 Å². The molecule has 0 aliphatic rings. The van der Waals surface area contributed by atoms with Gasteiger partial charge < -0.3 is 4.98 Å². The van der Waals surface area contributed by atoms with E-state index in [4.69, 9.17) is 9.97 Å². The summed E-state index contributed by atoms with van der Waals surface area (Å²) in [6, 6.07) is 58.0. The number of benzene rings is 6. The monoisotopic (exact) mass is 656 g/mol. The minimum absolute atomic E-state index is 0.156. The van der Waals surface area contributed by atoms with Gasteiger partial charge in [0.15, 0.2) is 0 Å². The van der Waals surface area contributed by atoms with Crippen molar-refractivity contribution in [1.29, 1.82) is 0 Å². The second-order valence-electron chi connectivity index (χ2n) is 13.2. The predicted octanol–water partition coefficient (Wildman–Crippen LogP) is 12.0. The van der Waals surface area contributed by atoms with E-state index in [9.17, 15) is 0 Å². The average Bonchev–Trinajstić information content (AvgIpc) is 3.81. The first kappa shape index (κ1) is 30.5. The van der Waals surface area contributed by atoms with Crippen molar-refractivity contribution in [2.45, 2.75) is 19.8 Å². The van der Waals surface area contributed by atoms with Crippen LogP contribution < -0.4 is 0 Å². The number of aryl methyl sites for hydroxylation is 1. The second kappa shape index (κ2) is 12.7. The Labute approximate surface area is 297 Å². The van der Waals surface area contributed by atoms with Crippen LogP contribution in [0.2, 0.25) is 0 Å². The molecule has 0 spiro atoms. The van der Waals surface area contributed by atoms with Gasteiger partial charge in [0.25, 0.3) is 0 Å². The highest BCUT2D eigenvalue weighted by Gasteiger charge is 2.21. The molecule has 3 aromatic heterocycles. The Hall–Kier alpha value is -6.52. The van der Waals surface area contributed by atoms with E-state index in [1.54, 1.807) is 0 Å². The maximum absolute atomic E-state index is 5.19. The molecular formula is C47H36N4. The number of rotatable bonds is 7. The van der Waals surface area contributed by atoms with Gasteiger partial charge in [-0.05, 0) is 58.5 Å². The van der Waals surface area contributed by atoms with Crippen LogP contribution >= 0.6 is 0 Å². The summed E-state index contributed by atoms with van der Waals surface area (Å²) < 4.78 is 2.18. The van der Waals surface area contributed by atoms with Crippen molar-refractivity contribution in [3.05, 3.63) is 187 Å². The molecule has 51 heavy (non-hydrogen) atoms. The van der Waals surface area contributed by atoms with Crippen LogP contribution in [0.25, 0.3) is 72.8 Å². The molecule has 9 rings (SSSR count). The number of aromatic amines is 1. The molecule has 0 bridgehead atoms. The van der Waals surface area contributed by atoms with E-state index in [2.05, 4.69) is 175 Å². The van der Waals surface area contributed by atoms with Crippen LogP contribution in [0.4, 0.5) is 0 Å². The van der Waals surface area contributed by atoms with Crippen molar-refractivity contribution < 1.29 is 0 Å². The molecule has 6 aromatic carbocycles. The molecule has 0 unspecified atom stereocenters. The van der Waals surface area contributed by atoms with Crippen molar-refractivity contribution in [1.82, 2.24) is 19.4 Å². The van der Waals surface area contributed by atoms with Crippen LogP contribution in [-0.4, -0.2) is 19.4 Å². The lowest BCUT2D eigenvalue weighted by Crippen LogP contribution is -2.01. The first-order valence-corrected chi connectivity index (χ1v) is 17.5. The van der Waals surface area contributed by atoms with Gasteiger partial charge in [-0.3, -0.25) is 4.40 Å². The number of aromatic nitrogens is 4. The molecule has 0 aliphatic heterocycles. The standard InChI is InChI=1S/C47H36N4/c1-31-13-9-10-18-39(31)43-40(28-29-41-45(43)50-47(48-41)38-16-7-4-8-17-38)32(2)33-20-22-34(23-21-33)35-24-26-37(27-25-35)46-44(36-14-5-3-6-15-36)49-42-19-11-12-30-51(42)46/h3-30,32H,1-2H3,(H,48,50)/t32-/m0/s1. The van der Waals surface area contributed by atoms with E-state index in [1.807, 2.05) is 18.2 Å². The quantitative estimate of drug-likeness (QED) is 0.186. The molecule has 9 aromatic rings. The van der Waals surface area contributed by atoms with E-state index in [1.165, 1.54) is 38.9 Å². The van der Waals surface area contributed by atoms with E-state index in [0.717, 1.165) is 50.6 Å². The Morgan fingerprint density at radius 2 is 1.18 bits per heavy atom. The maximum Gasteiger partial charge on any atom is 0.138 e. The lowest BCUT2D eigenvalue weighted by atomic mass is 9.85. The van der Waals surface area contributed by atoms with Gasteiger partial charge in [0.1, 0.15) is 11.5 Å². The summed E-state index contributed by atoms with van der Waals surface area (Å²) in [6.45, 7) is 4.49. The fourth-order valence-corrected chi connectivity index (χ4v) is 7.35. The number of hydrogen-bond donors (Lipinski definition) is 1. The minimum atomic E-state index is 0.156. The summed E-state index contributed by atoms with van der Waals surface area (Å²) >= 11 is 0. The Kier molecular flexibility index (Phi) is 7.63. The highest BCUT2D eigenvalue weighted by Crippen LogP contribution is 2.40. The largest absolute Gasteiger partial charge is 0.338 e. The number of pyridine rings is 1. The van der Waals surface area contributed by atoms with Crippen molar-refractivity contribution in [3.63, 3.8) is 0 Å². The summed E-state index contributed by atoms with van der Waals surface area (Å²) in [5, 5.41) is 0. The number of nitrogens with zero attached hydrogens (tertiary/aromatic N) is 3. The zero-order valence-corrected chi connectivity index (χ0v) is 28.6. The smallest absolute Gasteiger partial charge is 0.138 e. The van der Waals surface area contributed by atoms with Gasteiger partial charge in [-0.25, -0.2) is 9.97 Å². The summed E-state index contributed by atoms with van der Waals surface area (Å²) in [5.74, 6) is 1.04. The van der Waals surface area contributed by atoms with Crippen LogP contribution in [0, 0.1) is 6.92 Å². The second-order valence-corrected chi connectivity index (χ2v) is 13.2. The Bertz CT molecular complexity index is 2630. The highest BCUT2D eigenvalue weighted by atomic mass is 15.0. The molecular weight excluding hydrogens is 621 g/mol. The fraction of sp³-hybridized carbons (Fsp3) is 0.0638. The zero-order valence-electron chi connectivity index (χ0n) is 28.6. The van der Waals surface area contributed by atoms with Crippen molar-refractivity contribution in [2.24, 2.45) is 0 Å². The maximum atomic E-state index is 5.19. The molecule has 0 radical (unpaired) electrons. The van der Waals surface area contributed by atoms with Gasteiger partial charge in [0, 0.05) is 34.4 Å². The van der Waals surface area contributed by atoms with Gasteiger partial charge in [-0.2, -0.15) is 0 Å². The summed E-state index contributed by atoms with van der Waals surface area (Å²) in [4.78, 5) is 13.8. The third kappa shape index (κ3) is 5.51. The molecule has 4 heteroatoms. The van der Waals surface area contributed by atoms with Gasteiger partial charge >= 0.3 is 0 Å². The summed E-state index contributed by atoms with van der Waals surface area (Å²) in [5.41, 5.74) is 16.9. The number of nitrogens with one attached hydrogen (secondary N) is 1. The Morgan fingerprint density at radius 1 is 0.549 bits per heavy atom. The molecule has 0 saturated heterocycles. The lowest BCUT2D eigenvalue weighted by molar-refractivity contribution is 0.926. The summed E-state index contributed by atoms with van der Waals surface area (Å²) in [6.07, 6.45) is 2.09.